The zero-order chi connectivity index (χ0) is 16.8. The van der Waals surface area contributed by atoms with Crippen LogP contribution in [0.3, 0.4) is 0 Å². The van der Waals surface area contributed by atoms with Crippen molar-refractivity contribution in [2.45, 2.75) is 38.6 Å². The lowest BCUT2D eigenvalue weighted by atomic mass is 10.2. The number of benzene rings is 1. The number of rotatable bonds is 6. The molecule has 126 valence electrons. The van der Waals surface area contributed by atoms with Gasteiger partial charge in [-0.05, 0) is 31.9 Å². The Labute approximate surface area is 131 Å². The van der Waals surface area contributed by atoms with Gasteiger partial charge in [0.25, 0.3) is 5.91 Å². The van der Waals surface area contributed by atoms with Gasteiger partial charge in [0, 0.05) is 6.61 Å². The van der Waals surface area contributed by atoms with Crippen molar-refractivity contribution in [1.82, 2.24) is 0 Å². The number of carbonyl (C=O) groups is 2. The van der Waals surface area contributed by atoms with Crippen LogP contribution in [0.1, 0.15) is 19.8 Å². The zero-order valence-electron chi connectivity index (χ0n) is 12.5. The highest BCUT2D eigenvalue weighted by Crippen LogP contribution is 2.25. The number of nitrogens with one attached hydrogen (secondary N) is 1. The molecule has 6 nitrogen and oxygen atoms in total. The van der Waals surface area contributed by atoms with E-state index in [2.05, 4.69) is 10.1 Å². The van der Waals surface area contributed by atoms with E-state index >= 15 is 0 Å². The minimum absolute atomic E-state index is 0.0674. The summed E-state index contributed by atoms with van der Waals surface area (Å²) in [6.07, 6.45) is -0.428. The van der Waals surface area contributed by atoms with Gasteiger partial charge in [-0.15, -0.1) is 0 Å². The average Bonchev–Trinajstić information content (AvgIpc) is 3.03. The third kappa shape index (κ3) is 4.88. The van der Waals surface area contributed by atoms with Crippen molar-refractivity contribution in [1.29, 1.82) is 0 Å². The van der Waals surface area contributed by atoms with Gasteiger partial charge in [0.1, 0.15) is 5.75 Å². The monoisotopic (exact) mass is 329 g/mol. The quantitative estimate of drug-likeness (QED) is 0.811. The molecule has 23 heavy (non-hydrogen) atoms. The van der Waals surface area contributed by atoms with Gasteiger partial charge in [-0.25, -0.2) is 4.79 Å². The normalized spacial score (nSPS) is 18.5. The number of anilines is 1. The van der Waals surface area contributed by atoms with E-state index in [0.717, 1.165) is 6.42 Å². The smallest absolute Gasteiger partial charge is 0.387 e. The van der Waals surface area contributed by atoms with Crippen LogP contribution in [0.15, 0.2) is 24.3 Å². The van der Waals surface area contributed by atoms with Crippen molar-refractivity contribution in [3.05, 3.63) is 24.3 Å². The second-order valence-corrected chi connectivity index (χ2v) is 4.94. The number of esters is 1. The van der Waals surface area contributed by atoms with Crippen molar-refractivity contribution in [3.8, 4) is 5.75 Å². The Kier molecular flexibility index (Phi) is 5.86. The fourth-order valence-electron chi connectivity index (χ4n) is 2.07. The van der Waals surface area contributed by atoms with Gasteiger partial charge in [0.05, 0.1) is 5.69 Å². The summed E-state index contributed by atoms with van der Waals surface area (Å²) in [5.41, 5.74) is 0.0674. The van der Waals surface area contributed by atoms with Crippen LogP contribution in [-0.2, 0) is 19.1 Å². The molecule has 1 aliphatic heterocycles. The summed E-state index contributed by atoms with van der Waals surface area (Å²) >= 11 is 0. The van der Waals surface area contributed by atoms with Gasteiger partial charge in [-0.1, -0.05) is 12.1 Å². The molecule has 1 aromatic carbocycles. The molecular weight excluding hydrogens is 312 g/mol. The van der Waals surface area contributed by atoms with Gasteiger partial charge in [0.2, 0.25) is 0 Å². The Morgan fingerprint density at radius 2 is 2.09 bits per heavy atom. The summed E-state index contributed by atoms with van der Waals surface area (Å²) < 4.78 is 39.1. The first-order valence-corrected chi connectivity index (χ1v) is 7.14. The van der Waals surface area contributed by atoms with E-state index in [4.69, 9.17) is 9.47 Å². The number of amides is 1. The van der Waals surface area contributed by atoms with Crippen LogP contribution in [0.5, 0.6) is 5.75 Å². The lowest BCUT2D eigenvalue weighted by molar-refractivity contribution is -0.162. The number of alkyl halides is 2. The maximum Gasteiger partial charge on any atom is 0.387 e. The van der Waals surface area contributed by atoms with Crippen LogP contribution < -0.4 is 10.1 Å². The summed E-state index contributed by atoms with van der Waals surface area (Å²) in [6.45, 7) is -1.14. The van der Waals surface area contributed by atoms with Crippen LogP contribution >= 0.6 is 0 Å². The minimum atomic E-state index is -3.01. The molecule has 1 heterocycles. The molecule has 1 N–H and O–H groups in total. The van der Waals surface area contributed by atoms with E-state index in [0.29, 0.717) is 13.0 Å². The molecule has 8 heteroatoms. The summed E-state index contributed by atoms with van der Waals surface area (Å²) in [5, 5.41) is 2.40. The van der Waals surface area contributed by atoms with Crippen molar-refractivity contribution in [2.24, 2.45) is 0 Å². The van der Waals surface area contributed by atoms with E-state index in [9.17, 15) is 18.4 Å². The summed E-state index contributed by atoms with van der Waals surface area (Å²) in [6, 6.07) is 5.75. The van der Waals surface area contributed by atoms with Gasteiger partial charge in [-0.3, -0.25) is 4.79 Å². The number of halogens is 2. The minimum Gasteiger partial charge on any atom is -0.451 e. The largest absolute Gasteiger partial charge is 0.451 e. The molecular formula is C15H17F2NO5. The highest BCUT2D eigenvalue weighted by molar-refractivity contribution is 5.96. The number of hydrogen-bond donors (Lipinski definition) is 1. The van der Waals surface area contributed by atoms with Crippen molar-refractivity contribution < 1.29 is 32.6 Å². The first-order chi connectivity index (χ1) is 11.0. The zero-order valence-corrected chi connectivity index (χ0v) is 12.5. The molecule has 2 atom stereocenters. The molecule has 0 saturated carbocycles. The van der Waals surface area contributed by atoms with E-state index in [1.165, 1.54) is 25.1 Å². The van der Waals surface area contributed by atoms with E-state index in [1.807, 2.05) is 0 Å². The summed E-state index contributed by atoms with van der Waals surface area (Å²) in [4.78, 5) is 23.8. The number of hydrogen-bond acceptors (Lipinski definition) is 5. The molecule has 1 aliphatic rings. The van der Waals surface area contributed by atoms with E-state index < -0.39 is 30.7 Å². The van der Waals surface area contributed by atoms with Crippen LogP contribution in [-0.4, -0.2) is 37.3 Å². The number of para-hydroxylation sites is 2. The first-order valence-electron chi connectivity index (χ1n) is 7.14. The third-order valence-corrected chi connectivity index (χ3v) is 3.22. The Hall–Kier alpha value is -2.22. The molecule has 1 amide bonds. The lowest BCUT2D eigenvalue weighted by Gasteiger charge is -2.17. The molecule has 0 aliphatic carbocycles. The topological polar surface area (TPSA) is 73.9 Å². The summed E-state index contributed by atoms with van der Waals surface area (Å²) in [7, 11) is 0. The van der Waals surface area contributed by atoms with Gasteiger partial charge in [-0.2, -0.15) is 8.78 Å². The molecule has 1 saturated heterocycles. The predicted molar refractivity (Wildman–Crippen MR) is 76.2 cm³/mol. The van der Waals surface area contributed by atoms with E-state index in [-0.39, 0.29) is 11.4 Å². The Morgan fingerprint density at radius 1 is 1.35 bits per heavy atom. The Balaban J connectivity index is 1.94. The second-order valence-electron chi connectivity index (χ2n) is 4.94. The Morgan fingerprint density at radius 3 is 2.74 bits per heavy atom. The molecule has 0 aromatic heterocycles. The maximum atomic E-state index is 12.3. The highest BCUT2D eigenvalue weighted by atomic mass is 19.3. The molecule has 0 bridgehead atoms. The summed E-state index contributed by atoms with van der Waals surface area (Å²) in [5.74, 6) is -1.43. The lowest BCUT2D eigenvalue weighted by Crippen LogP contribution is -2.34. The number of carbonyl (C=O) groups excluding carboxylic acids is 2. The molecule has 0 unspecified atom stereocenters. The van der Waals surface area contributed by atoms with Gasteiger partial charge in [0.15, 0.2) is 12.2 Å². The fourth-order valence-corrected chi connectivity index (χ4v) is 2.07. The number of ether oxygens (including phenoxy) is 3. The SMILES string of the molecule is C[C@H](OC(=O)[C@H]1CCCO1)C(=O)Nc1ccccc1OC(F)F. The molecule has 0 radical (unpaired) electrons. The first kappa shape index (κ1) is 17.1. The standard InChI is InChI=1S/C15H17F2NO5/c1-9(22-14(20)12-7-4-8-21-12)13(19)18-10-5-2-3-6-11(10)23-15(16)17/h2-3,5-6,9,12,15H,4,7-8H2,1H3,(H,18,19)/t9-,12+/m0/s1. The van der Waals surface area contributed by atoms with Gasteiger partial charge >= 0.3 is 12.6 Å². The Bertz CT molecular complexity index is 561. The van der Waals surface area contributed by atoms with Crippen LogP contribution in [0.2, 0.25) is 0 Å². The van der Waals surface area contributed by atoms with Crippen molar-refractivity contribution in [2.75, 3.05) is 11.9 Å². The third-order valence-electron chi connectivity index (χ3n) is 3.22. The molecule has 2 rings (SSSR count). The fraction of sp³-hybridized carbons (Fsp3) is 0.467. The molecule has 1 fully saturated rings. The van der Waals surface area contributed by atoms with Crippen molar-refractivity contribution >= 4 is 17.6 Å². The van der Waals surface area contributed by atoms with Crippen LogP contribution in [0, 0.1) is 0 Å². The van der Waals surface area contributed by atoms with E-state index in [1.54, 1.807) is 6.07 Å². The van der Waals surface area contributed by atoms with Crippen molar-refractivity contribution in [3.63, 3.8) is 0 Å². The van der Waals surface area contributed by atoms with Crippen LogP contribution in [0.4, 0.5) is 14.5 Å². The average molecular weight is 329 g/mol. The predicted octanol–water partition coefficient (Wildman–Crippen LogP) is 2.34. The van der Waals surface area contributed by atoms with Crippen LogP contribution in [0.25, 0.3) is 0 Å². The second kappa shape index (κ2) is 7.87. The molecule has 1 aromatic rings. The van der Waals surface area contributed by atoms with Gasteiger partial charge < -0.3 is 19.5 Å². The maximum absolute atomic E-state index is 12.3. The highest BCUT2D eigenvalue weighted by Gasteiger charge is 2.28. The molecule has 0 spiro atoms.